The van der Waals surface area contributed by atoms with Crippen LogP contribution in [0.15, 0.2) is 42.5 Å². The van der Waals surface area contributed by atoms with Gasteiger partial charge in [0, 0.05) is 24.9 Å². The third-order valence-corrected chi connectivity index (χ3v) is 8.29. The van der Waals surface area contributed by atoms with Crippen molar-refractivity contribution in [2.45, 2.75) is 57.7 Å². The summed E-state index contributed by atoms with van der Waals surface area (Å²) in [6, 6.07) is 14.7. The summed E-state index contributed by atoms with van der Waals surface area (Å²) in [5.74, 6) is 1.39. The number of nitrogens with zero attached hydrogens (tertiary/aromatic N) is 1. The fourth-order valence-electron chi connectivity index (χ4n) is 5.81. The zero-order valence-corrected chi connectivity index (χ0v) is 21.9. The largest absolute Gasteiger partial charge is 0.454 e. The molecule has 0 radical (unpaired) electrons. The molecular weight excluding hydrogens is 472 g/mol. The van der Waals surface area contributed by atoms with Crippen LogP contribution in [0.5, 0.6) is 11.5 Å². The number of quaternary nitrogens is 1. The first-order valence-corrected chi connectivity index (χ1v) is 13.5. The molecule has 0 bridgehead atoms. The maximum atomic E-state index is 12.5. The molecule has 2 fully saturated rings. The Morgan fingerprint density at radius 3 is 2.58 bits per heavy atom. The number of fused-ring (bicyclic) bond motifs is 1. The van der Waals surface area contributed by atoms with E-state index in [-0.39, 0.29) is 24.8 Å². The van der Waals surface area contributed by atoms with Gasteiger partial charge < -0.3 is 29.9 Å². The number of hydrogen-bond acceptors (Lipinski definition) is 4. The molecule has 1 atom stereocenters. The molecule has 8 heteroatoms. The summed E-state index contributed by atoms with van der Waals surface area (Å²) >= 11 is 5.75. The van der Waals surface area contributed by atoms with E-state index in [1.165, 1.54) is 43.2 Å². The Labute approximate surface area is 219 Å². The number of nitrogens with one attached hydrogen (secondary N) is 3. The Balaban J connectivity index is 1.13. The van der Waals surface area contributed by atoms with Crippen molar-refractivity contribution < 1.29 is 19.2 Å². The van der Waals surface area contributed by atoms with Crippen LogP contribution in [-0.4, -0.2) is 54.4 Å². The van der Waals surface area contributed by atoms with Gasteiger partial charge in [-0.25, -0.2) is 0 Å². The van der Waals surface area contributed by atoms with E-state index in [0.29, 0.717) is 11.7 Å². The van der Waals surface area contributed by atoms with Crippen LogP contribution in [0, 0.1) is 6.92 Å². The number of thiocarbonyl (C=S) groups is 1. The number of amides is 1. The minimum Gasteiger partial charge on any atom is -0.454 e. The minimum absolute atomic E-state index is 0.0778. The van der Waals surface area contributed by atoms with Crippen LogP contribution in [0.4, 0.5) is 0 Å². The van der Waals surface area contributed by atoms with Gasteiger partial charge in [-0.05, 0) is 49.7 Å². The molecule has 7 nitrogen and oxygen atoms in total. The smallest absolute Gasteiger partial charge is 0.239 e. The average molecular weight is 510 g/mol. The minimum atomic E-state index is -0.0778. The van der Waals surface area contributed by atoms with Gasteiger partial charge in [0.25, 0.3) is 0 Å². The van der Waals surface area contributed by atoms with Crippen molar-refractivity contribution in [3.8, 4) is 11.5 Å². The van der Waals surface area contributed by atoms with Crippen molar-refractivity contribution in [3.05, 3.63) is 59.2 Å². The third kappa shape index (κ3) is 5.76. The lowest BCUT2D eigenvalue weighted by atomic mass is 9.78. The van der Waals surface area contributed by atoms with Gasteiger partial charge in [0.1, 0.15) is 12.1 Å². The van der Waals surface area contributed by atoms with Crippen molar-refractivity contribution >= 4 is 23.2 Å². The van der Waals surface area contributed by atoms with Crippen LogP contribution in [0.25, 0.3) is 0 Å². The molecular formula is C28H37N4O3S+. The summed E-state index contributed by atoms with van der Waals surface area (Å²) in [6.07, 6.45) is 6.37. The summed E-state index contributed by atoms with van der Waals surface area (Å²) in [4.78, 5) is 16.5. The number of carbonyl (C=O) groups excluding carboxylic acids is 1. The van der Waals surface area contributed by atoms with E-state index in [1.54, 1.807) is 4.90 Å². The highest BCUT2D eigenvalue weighted by atomic mass is 32.1. The Kier molecular flexibility index (Phi) is 7.62. The molecule has 3 aliphatic rings. The lowest BCUT2D eigenvalue weighted by molar-refractivity contribution is -0.971. The lowest BCUT2D eigenvalue weighted by Gasteiger charge is -2.50. The average Bonchev–Trinajstić information content (AvgIpc) is 3.37. The number of piperazine rings is 1. The van der Waals surface area contributed by atoms with Gasteiger partial charge in [-0.2, -0.15) is 0 Å². The van der Waals surface area contributed by atoms with Crippen molar-refractivity contribution in [1.29, 1.82) is 0 Å². The van der Waals surface area contributed by atoms with Crippen LogP contribution >= 0.6 is 12.2 Å². The zero-order valence-electron chi connectivity index (χ0n) is 21.1. The predicted molar refractivity (Wildman–Crippen MR) is 143 cm³/mol. The number of hydrogen-bond donors (Lipinski definition) is 3. The molecule has 2 heterocycles. The second-order valence-corrected chi connectivity index (χ2v) is 10.8. The molecule has 3 N–H and O–H groups in total. The highest BCUT2D eigenvalue weighted by molar-refractivity contribution is 7.80. The van der Waals surface area contributed by atoms with Gasteiger partial charge in [0.05, 0.1) is 26.2 Å². The Morgan fingerprint density at radius 2 is 1.78 bits per heavy atom. The van der Waals surface area contributed by atoms with Crippen molar-refractivity contribution in [2.75, 3.05) is 33.0 Å². The fraction of sp³-hybridized carbons (Fsp3) is 0.500. The van der Waals surface area contributed by atoms with E-state index >= 15 is 0 Å². The molecule has 1 saturated heterocycles. The van der Waals surface area contributed by atoms with E-state index in [9.17, 15) is 4.79 Å². The number of benzene rings is 2. The molecule has 1 spiro atoms. The highest BCUT2D eigenvalue weighted by Crippen LogP contribution is 2.32. The first-order valence-electron chi connectivity index (χ1n) is 13.1. The molecule has 5 rings (SSSR count). The summed E-state index contributed by atoms with van der Waals surface area (Å²) in [6.45, 7) is 7.00. The molecule has 1 amide bonds. The molecule has 2 aromatic carbocycles. The Hall–Kier alpha value is -2.84. The third-order valence-electron chi connectivity index (χ3n) is 7.89. The number of aryl methyl sites for hydroxylation is 1. The maximum Gasteiger partial charge on any atom is 0.239 e. The van der Waals surface area contributed by atoms with Gasteiger partial charge in [0.15, 0.2) is 16.6 Å². The van der Waals surface area contributed by atoms with Gasteiger partial charge in [0.2, 0.25) is 12.7 Å². The van der Waals surface area contributed by atoms with Crippen LogP contribution < -0.4 is 25.0 Å². The lowest BCUT2D eigenvalue weighted by Crippen LogP contribution is -3.22. The molecule has 1 aliphatic carbocycles. The summed E-state index contributed by atoms with van der Waals surface area (Å²) in [5.41, 5.74) is 3.92. The van der Waals surface area contributed by atoms with E-state index in [0.717, 1.165) is 43.2 Å². The molecule has 1 unspecified atom stereocenters. The molecule has 36 heavy (non-hydrogen) atoms. The van der Waals surface area contributed by atoms with Gasteiger partial charge in [-0.1, -0.05) is 42.3 Å². The molecule has 192 valence electrons. The van der Waals surface area contributed by atoms with E-state index in [4.69, 9.17) is 21.7 Å². The molecule has 2 aromatic rings. The summed E-state index contributed by atoms with van der Waals surface area (Å²) < 4.78 is 10.8. The van der Waals surface area contributed by atoms with Crippen molar-refractivity contribution in [3.63, 3.8) is 0 Å². The Morgan fingerprint density at radius 1 is 1.03 bits per heavy atom. The van der Waals surface area contributed by atoms with Gasteiger partial charge >= 0.3 is 0 Å². The van der Waals surface area contributed by atoms with Crippen LogP contribution in [0.2, 0.25) is 0 Å². The van der Waals surface area contributed by atoms with E-state index in [1.807, 2.05) is 18.2 Å². The second kappa shape index (κ2) is 11.0. The quantitative estimate of drug-likeness (QED) is 0.520. The second-order valence-electron chi connectivity index (χ2n) is 10.4. The van der Waals surface area contributed by atoms with E-state index in [2.05, 4.69) is 46.7 Å². The topological polar surface area (TPSA) is 67.3 Å². The first-order chi connectivity index (χ1) is 17.5. The van der Waals surface area contributed by atoms with Gasteiger partial charge in [-0.15, -0.1) is 0 Å². The van der Waals surface area contributed by atoms with Crippen LogP contribution in [0.1, 0.15) is 48.8 Å². The van der Waals surface area contributed by atoms with Gasteiger partial charge in [-0.3, -0.25) is 4.79 Å². The van der Waals surface area contributed by atoms with E-state index < -0.39 is 0 Å². The van der Waals surface area contributed by atoms with Crippen molar-refractivity contribution in [2.24, 2.45) is 0 Å². The SMILES string of the molecule is Cc1ccc(C[NH+]2CCN(C(=S)NCC(=O)NCc3ccc4c(c3)OCO4)CC23CCCCC3)cc1. The standard InChI is InChI=1S/C28H36N4O3S/c1-21-5-7-22(8-6-21)18-32-14-13-31(19-28(32)11-3-2-4-12-28)27(36)30-17-26(33)29-16-23-9-10-24-25(15-23)35-20-34-24/h5-10,15H,2-4,11-14,16-20H2,1H3,(H,29,33)(H,30,36)/p+1. The normalized spacial score (nSPS) is 20.2. The maximum absolute atomic E-state index is 12.5. The number of carbonyl (C=O) groups is 1. The summed E-state index contributed by atoms with van der Waals surface area (Å²) in [5, 5.41) is 6.87. The number of rotatable bonds is 6. The summed E-state index contributed by atoms with van der Waals surface area (Å²) in [7, 11) is 0. The molecule has 1 saturated carbocycles. The van der Waals surface area contributed by atoms with Crippen LogP contribution in [0.3, 0.4) is 0 Å². The first kappa shape index (κ1) is 24.8. The zero-order chi connectivity index (χ0) is 25.0. The Bertz CT molecular complexity index is 1080. The number of ether oxygens (including phenoxy) is 2. The van der Waals surface area contributed by atoms with Crippen LogP contribution in [-0.2, 0) is 17.9 Å². The highest BCUT2D eigenvalue weighted by Gasteiger charge is 2.46. The fourth-order valence-corrected chi connectivity index (χ4v) is 6.04. The monoisotopic (exact) mass is 509 g/mol. The van der Waals surface area contributed by atoms with Crippen molar-refractivity contribution in [1.82, 2.24) is 15.5 Å². The predicted octanol–water partition coefficient (Wildman–Crippen LogP) is 2.32. The molecule has 2 aliphatic heterocycles. The molecule has 0 aromatic heterocycles.